The molecule has 0 aromatic carbocycles. The van der Waals surface area contributed by atoms with Gasteiger partial charge in [-0.2, -0.15) is 0 Å². The number of rotatable bonds is 6. The molecule has 2 aliphatic rings. The number of likely N-dealkylation sites (tertiary alicyclic amines) is 1. The van der Waals surface area contributed by atoms with Gasteiger partial charge in [-0.05, 0) is 69.4 Å². The summed E-state index contributed by atoms with van der Waals surface area (Å²) in [6, 6.07) is -0.690. The molecule has 1 heterocycles. The molecule has 2 rings (SSSR count). The minimum absolute atomic E-state index is 0.223. The average molecular weight is 398 g/mol. The summed E-state index contributed by atoms with van der Waals surface area (Å²) in [6.45, 7) is 11.3. The van der Waals surface area contributed by atoms with Crippen molar-refractivity contribution in [2.24, 2.45) is 5.41 Å². The van der Waals surface area contributed by atoms with Crippen molar-refractivity contribution in [1.29, 1.82) is 0 Å². The Morgan fingerprint density at radius 1 is 1.14 bits per heavy atom. The van der Waals surface area contributed by atoms with E-state index in [9.17, 15) is 14.7 Å². The highest BCUT2D eigenvalue weighted by atomic mass is 16.4. The van der Waals surface area contributed by atoms with Crippen LogP contribution in [0.4, 0.5) is 0 Å². The van der Waals surface area contributed by atoms with E-state index in [1.165, 1.54) is 41.4 Å². The maximum absolute atomic E-state index is 12.4. The summed E-state index contributed by atoms with van der Waals surface area (Å²) in [7, 11) is 0. The number of carbonyl (C=O) groups excluding carboxylic acids is 1. The molecule has 1 atom stereocenters. The van der Waals surface area contributed by atoms with Crippen LogP contribution in [-0.2, 0) is 9.59 Å². The predicted molar refractivity (Wildman–Crippen MR) is 118 cm³/mol. The van der Waals surface area contributed by atoms with Crippen molar-refractivity contribution in [1.82, 2.24) is 4.90 Å². The molecule has 158 valence electrons. The first-order chi connectivity index (χ1) is 13.6. The van der Waals surface area contributed by atoms with Gasteiger partial charge in [-0.1, -0.05) is 55.4 Å². The van der Waals surface area contributed by atoms with Gasteiger partial charge in [-0.3, -0.25) is 4.79 Å². The van der Waals surface area contributed by atoms with E-state index in [-0.39, 0.29) is 11.3 Å². The van der Waals surface area contributed by atoms with Crippen molar-refractivity contribution < 1.29 is 14.7 Å². The molecule has 1 N–H and O–H groups in total. The molecule has 0 bridgehead atoms. The van der Waals surface area contributed by atoms with E-state index in [1.54, 1.807) is 0 Å². The second-order valence-corrected chi connectivity index (χ2v) is 8.95. The Balaban J connectivity index is 2.00. The Bertz CT molecular complexity index is 793. The molecule has 0 aromatic rings. The molecule has 1 aliphatic heterocycles. The van der Waals surface area contributed by atoms with Gasteiger partial charge in [0.25, 0.3) is 0 Å². The van der Waals surface area contributed by atoms with Gasteiger partial charge in [0.05, 0.1) is 0 Å². The van der Waals surface area contributed by atoms with Crippen LogP contribution in [0.25, 0.3) is 0 Å². The van der Waals surface area contributed by atoms with Crippen molar-refractivity contribution in [3.05, 3.63) is 58.7 Å². The lowest BCUT2D eigenvalue weighted by Crippen LogP contribution is -2.39. The maximum Gasteiger partial charge on any atom is 0.326 e. The molecule has 1 saturated heterocycles. The van der Waals surface area contributed by atoms with Crippen LogP contribution in [0.1, 0.15) is 66.7 Å². The molecule has 29 heavy (non-hydrogen) atoms. The maximum atomic E-state index is 12.4. The quantitative estimate of drug-likeness (QED) is 0.469. The Hall–Kier alpha value is -2.36. The van der Waals surface area contributed by atoms with E-state index in [1.807, 2.05) is 25.2 Å². The van der Waals surface area contributed by atoms with Gasteiger partial charge in [0.15, 0.2) is 0 Å². The molecule has 1 unspecified atom stereocenters. The highest BCUT2D eigenvalue weighted by Crippen LogP contribution is 2.40. The topological polar surface area (TPSA) is 57.6 Å². The lowest BCUT2D eigenvalue weighted by atomic mass is 9.72. The van der Waals surface area contributed by atoms with Crippen LogP contribution in [0.3, 0.4) is 0 Å². The van der Waals surface area contributed by atoms with Crippen molar-refractivity contribution in [2.75, 3.05) is 6.54 Å². The molecule has 0 saturated carbocycles. The van der Waals surface area contributed by atoms with Crippen molar-refractivity contribution in [3.8, 4) is 0 Å². The Labute approximate surface area is 175 Å². The molecular weight excluding hydrogens is 362 g/mol. The molecule has 1 amide bonds. The number of amides is 1. The molecule has 0 spiro atoms. The molecule has 4 heteroatoms. The van der Waals surface area contributed by atoms with Crippen LogP contribution in [-0.4, -0.2) is 34.5 Å². The second kappa shape index (κ2) is 9.91. The minimum Gasteiger partial charge on any atom is -0.480 e. The predicted octanol–water partition coefficient (Wildman–Crippen LogP) is 5.59. The molecule has 4 nitrogen and oxygen atoms in total. The van der Waals surface area contributed by atoms with Gasteiger partial charge in [0.2, 0.25) is 5.91 Å². The number of hydrogen-bond acceptors (Lipinski definition) is 2. The summed E-state index contributed by atoms with van der Waals surface area (Å²) in [5.74, 6) is -1.14. The van der Waals surface area contributed by atoms with Crippen molar-refractivity contribution in [3.63, 3.8) is 0 Å². The van der Waals surface area contributed by atoms with Gasteiger partial charge in [0, 0.05) is 12.6 Å². The lowest BCUT2D eigenvalue weighted by Gasteiger charge is -2.32. The first-order valence-corrected chi connectivity index (χ1v) is 10.6. The van der Waals surface area contributed by atoms with Crippen LogP contribution >= 0.6 is 0 Å². The SMILES string of the molecule is CC1=C(/C=C/C(C)=C/C=C/C(C)=C/C(=O)N2CCCC2C(=O)O)C(C)(C)CCC1. The lowest BCUT2D eigenvalue weighted by molar-refractivity contribution is -0.146. The normalized spacial score (nSPS) is 23.5. The summed E-state index contributed by atoms with van der Waals surface area (Å²) in [5, 5.41) is 9.22. The fourth-order valence-corrected chi connectivity index (χ4v) is 4.25. The Kier molecular flexibility index (Phi) is 7.83. The third kappa shape index (κ3) is 6.31. The number of allylic oxidation sites excluding steroid dienone is 9. The van der Waals surface area contributed by atoms with Crippen LogP contribution in [0, 0.1) is 5.41 Å². The van der Waals surface area contributed by atoms with Gasteiger partial charge in [0.1, 0.15) is 6.04 Å². The van der Waals surface area contributed by atoms with Gasteiger partial charge in [-0.15, -0.1) is 0 Å². The summed E-state index contributed by atoms with van der Waals surface area (Å²) in [5.41, 5.74) is 5.12. The fraction of sp³-hybridized carbons (Fsp3) is 0.520. The van der Waals surface area contributed by atoms with Crippen LogP contribution in [0.15, 0.2) is 58.7 Å². The third-order valence-corrected chi connectivity index (χ3v) is 5.95. The van der Waals surface area contributed by atoms with Gasteiger partial charge < -0.3 is 10.0 Å². The summed E-state index contributed by atoms with van der Waals surface area (Å²) >= 11 is 0. The summed E-state index contributed by atoms with van der Waals surface area (Å²) in [6.07, 6.45) is 16.7. The summed E-state index contributed by atoms with van der Waals surface area (Å²) in [4.78, 5) is 25.0. The minimum atomic E-state index is -0.922. The number of carboxylic acid groups (broad SMARTS) is 1. The van der Waals surface area contributed by atoms with E-state index in [0.29, 0.717) is 13.0 Å². The van der Waals surface area contributed by atoms with Crippen molar-refractivity contribution in [2.45, 2.75) is 72.8 Å². The number of aliphatic carboxylic acids is 1. The number of carbonyl (C=O) groups is 2. The summed E-state index contributed by atoms with van der Waals surface area (Å²) < 4.78 is 0. The molecule has 1 fully saturated rings. The zero-order chi connectivity index (χ0) is 21.6. The molecular formula is C25H35NO3. The third-order valence-electron chi connectivity index (χ3n) is 5.95. The molecule has 1 aliphatic carbocycles. The van der Waals surface area contributed by atoms with E-state index in [2.05, 4.69) is 39.8 Å². The number of nitrogens with zero attached hydrogens (tertiary/aromatic N) is 1. The van der Waals surface area contributed by atoms with Crippen LogP contribution < -0.4 is 0 Å². The van der Waals surface area contributed by atoms with Crippen LogP contribution in [0.2, 0.25) is 0 Å². The van der Waals surface area contributed by atoms with E-state index >= 15 is 0 Å². The fourth-order valence-electron chi connectivity index (χ4n) is 4.25. The monoisotopic (exact) mass is 397 g/mol. The average Bonchev–Trinajstić information content (AvgIpc) is 3.11. The molecule has 0 aromatic heterocycles. The first kappa shape index (κ1) is 22.9. The highest BCUT2D eigenvalue weighted by molar-refractivity contribution is 5.92. The van der Waals surface area contributed by atoms with Crippen molar-refractivity contribution >= 4 is 11.9 Å². The molecule has 0 radical (unpaired) electrons. The standard InChI is InChI=1S/C25H35NO3/c1-18(13-14-21-20(3)11-7-15-25(21,4)5)9-6-10-19(2)17-23(27)26-16-8-12-22(26)24(28)29/h6,9-10,13-14,17,22H,7-8,11-12,15-16H2,1-5H3,(H,28,29)/b10-6+,14-13+,18-9+,19-17+. The zero-order valence-electron chi connectivity index (χ0n) is 18.5. The number of carboxylic acids is 1. The highest BCUT2D eigenvalue weighted by Gasteiger charge is 2.32. The largest absolute Gasteiger partial charge is 0.480 e. The zero-order valence-corrected chi connectivity index (χ0v) is 18.5. The van der Waals surface area contributed by atoms with E-state index in [0.717, 1.165) is 17.6 Å². The second-order valence-electron chi connectivity index (χ2n) is 8.95. The van der Waals surface area contributed by atoms with Gasteiger partial charge in [-0.25, -0.2) is 4.79 Å². The first-order valence-electron chi connectivity index (χ1n) is 10.6. The van der Waals surface area contributed by atoms with Crippen LogP contribution in [0.5, 0.6) is 0 Å². The Morgan fingerprint density at radius 3 is 2.52 bits per heavy atom. The van der Waals surface area contributed by atoms with E-state index < -0.39 is 12.0 Å². The van der Waals surface area contributed by atoms with E-state index in [4.69, 9.17) is 0 Å². The Morgan fingerprint density at radius 2 is 1.86 bits per heavy atom. The number of hydrogen-bond donors (Lipinski definition) is 1. The van der Waals surface area contributed by atoms with Gasteiger partial charge >= 0.3 is 5.97 Å². The smallest absolute Gasteiger partial charge is 0.326 e.